The molecule has 2 aliphatic heterocycles. The Morgan fingerprint density at radius 3 is 2.74 bits per heavy atom. The van der Waals surface area contributed by atoms with Crippen LogP contribution in [0.3, 0.4) is 0 Å². The highest BCUT2D eigenvalue weighted by Gasteiger charge is 2.31. The van der Waals surface area contributed by atoms with E-state index in [1.807, 2.05) is 13.1 Å². The number of nitrogens with one attached hydrogen (secondary N) is 3. The summed E-state index contributed by atoms with van der Waals surface area (Å²) in [5.41, 5.74) is 5.79. The molecule has 182 valence electrons. The maximum Gasteiger partial charge on any atom is 0.148 e. The van der Waals surface area contributed by atoms with Crippen LogP contribution in [-0.2, 0) is 12.8 Å². The van der Waals surface area contributed by atoms with E-state index in [0.717, 1.165) is 35.5 Å². The molecule has 3 aromatic rings. The summed E-state index contributed by atoms with van der Waals surface area (Å²) < 4.78 is 31.5. The van der Waals surface area contributed by atoms with Gasteiger partial charge >= 0.3 is 0 Å². The summed E-state index contributed by atoms with van der Waals surface area (Å²) in [6.07, 6.45) is 3.97. The molecule has 0 atom stereocenters. The minimum absolute atomic E-state index is 0.0171. The lowest BCUT2D eigenvalue weighted by Gasteiger charge is -2.43. The van der Waals surface area contributed by atoms with Gasteiger partial charge in [-0.1, -0.05) is 13.8 Å². The molecular weight excluding hydrogens is 450 g/mol. The molecule has 0 saturated carbocycles. The van der Waals surface area contributed by atoms with Gasteiger partial charge in [-0.05, 0) is 42.3 Å². The van der Waals surface area contributed by atoms with Crippen LogP contribution in [0.4, 0.5) is 8.78 Å². The van der Waals surface area contributed by atoms with Crippen molar-refractivity contribution in [2.75, 3.05) is 26.2 Å². The van der Waals surface area contributed by atoms with Crippen molar-refractivity contribution in [2.45, 2.75) is 32.7 Å². The lowest BCUT2D eigenvalue weighted by Crippen LogP contribution is -2.59. The standard InChI is InChI=1S/C25H28F2N8/c1-3-17-5-6-23(28)35(32-17)24(29)8-19-21(26)9-22-20(25(19)27)7-15(10-30-22)16-11-31-34(12-16)18-13-33(4-2)14-18/h5-7,9-10,12,18,28-29,31H,3-4,8,11,13-14H2,1-2H3. The molecule has 0 radical (unpaired) electrons. The number of hydrogen-bond acceptors (Lipinski definition) is 7. The first-order valence-corrected chi connectivity index (χ1v) is 11.8. The Hall–Kier alpha value is -3.50. The molecule has 8 nitrogen and oxygen atoms in total. The number of likely N-dealkylation sites (tertiary alicyclic amines) is 1. The Morgan fingerprint density at radius 2 is 2.00 bits per heavy atom. The highest BCUT2D eigenvalue weighted by molar-refractivity contribution is 5.87. The van der Waals surface area contributed by atoms with Crippen LogP contribution >= 0.6 is 0 Å². The Labute approximate surface area is 201 Å². The van der Waals surface area contributed by atoms with Crippen molar-refractivity contribution < 1.29 is 8.78 Å². The third-order valence-corrected chi connectivity index (χ3v) is 6.72. The van der Waals surface area contributed by atoms with Crippen LogP contribution in [0.5, 0.6) is 0 Å². The zero-order valence-electron chi connectivity index (χ0n) is 19.8. The second-order valence-electron chi connectivity index (χ2n) is 8.94. The molecule has 0 unspecified atom stereocenters. The lowest BCUT2D eigenvalue weighted by molar-refractivity contribution is 0.0466. The van der Waals surface area contributed by atoms with Crippen molar-refractivity contribution in [3.63, 3.8) is 0 Å². The van der Waals surface area contributed by atoms with Crippen LogP contribution in [0.1, 0.15) is 30.7 Å². The number of nitrogens with zero attached hydrogens (tertiary/aromatic N) is 5. The van der Waals surface area contributed by atoms with Gasteiger partial charge in [0, 0.05) is 55.5 Å². The first-order chi connectivity index (χ1) is 16.9. The Morgan fingerprint density at radius 1 is 1.20 bits per heavy atom. The molecule has 4 heterocycles. The largest absolute Gasteiger partial charge is 0.309 e. The molecule has 0 amide bonds. The van der Waals surface area contributed by atoms with Gasteiger partial charge in [-0.3, -0.25) is 20.7 Å². The van der Waals surface area contributed by atoms with Gasteiger partial charge in [0.25, 0.3) is 0 Å². The van der Waals surface area contributed by atoms with Crippen molar-refractivity contribution >= 4 is 22.3 Å². The minimum Gasteiger partial charge on any atom is -0.309 e. The molecule has 35 heavy (non-hydrogen) atoms. The molecule has 2 aromatic heterocycles. The van der Waals surface area contributed by atoms with Crippen molar-refractivity contribution in [1.29, 1.82) is 10.8 Å². The van der Waals surface area contributed by atoms with E-state index in [2.05, 4.69) is 32.3 Å². The monoisotopic (exact) mass is 478 g/mol. The number of halogens is 2. The molecule has 0 bridgehead atoms. The van der Waals surface area contributed by atoms with Crippen molar-refractivity contribution in [1.82, 2.24) is 30.1 Å². The van der Waals surface area contributed by atoms with Crippen LogP contribution in [-0.4, -0.2) is 62.7 Å². The summed E-state index contributed by atoms with van der Waals surface area (Å²) in [5.74, 6) is -1.68. The van der Waals surface area contributed by atoms with Crippen molar-refractivity contribution in [3.8, 4) is 0 Å². The van der Waals surface area contributed by atoms with Gasteiger partial charge in [-0.15, -0.1) is 0 Å². The molecule has 1 aromatic carbocycles. The van der Waals surface area contributed by atoms with Gasteiger partial charge in [-0.25, -0.2) is 18.9 Å². The van der Waals surface area contributed by atoms with Crippen molar-refractivity contribution in [3.05, 3.63) is 70.6 Å². The van der Waals surface area contributed by atoms with Gasteiger partial charge in [0.15, 0.2) is 0 Å². The van der Waals surface area contributed by atoms with Gasteiger partial charge in [0.2, 0.25) is 0 Å². The number of hydrazine groups is 1. The number of benzene rings is 1. The number of likely N-dealkylation sites (N-methyl/N-ethyl adjacent to an activating group) is 1. The minimum atomic E-state index is -0.767. The summed E-state index contributed by atoms with van der Waals surface area (Å²) in [6, 6.07) is 6.53. The van der Waals surface area contributed by atoms with E-state index in [1.54, 1.807) is 18.3 Å². The van der Waals surface area contributed by atoms with Crippen LogP contribution in [0.2, 0.25) is 0 Å². The van der Waals surface area contributed by atoms with E-state index in [0.29, 0.717) is 24.7 Å². The lowest BCUT2D eigenvalue weighted by atomic mass is 10.0. The van der Waals surface area contributed by atoms with E-state index in [1.165, 1.54) is 12.1 Å². The molecule has 0 spiro atoms. The molecule has 0 aliphatic carbocycles. The number of hydrogen-bond donors (Lipinski definition) is 3. The second-order valence-corrected chi connectivity index (χ2v) is 8.94. The smallest absolute Gasteiger partial charge is 0.148 e. The van der Waals surface area contributed by atoms with Gasteiger partial charge in [0.1, 0.15) is 23.0 Å². The summed E-state index contributed by atoms with van der Waals surface area (Å²) in [6.45, 7) is 7.70. The predicted octanol–water partition coefficient (Wildman–Crippen LogP) is 2.68. The van der Waals surface area contributed by atoms with E-state index in [9.17, 15) is 4.39 Å². The summed E-state index contributed by atoms with van der Waals surface area (Å²) in [4.78, 5) is 6.67. The maximum absolute atomic E-state index is 15.6. The Balaban J connectivity index is 1.44. The fourth-order valence-electron chi connectivity index (χ4n) is 4.50. The Bertz CT molecular complexity index is 1390. The molecule has 1 fully saturated rings. The molecule has 10 heteroatoms. The molecule has 1 saturated heterocycles. The second kappa shape index (κ2) is 9.27. The van der Waals surface area contributed by atoms with Crippen LogP contribution in [0.25, 0.3) is 16.5 Å². The van der Waals surface area contributed by atoms with E-state index >= 15 is 4.39 Å². The number of aromatic nitrogens is 3. The molecular formula is C25H28F2N8. The third kappa shape index (κ3) is 4.35. The van der Waals surface area contributed by atoms with E-state index in [-0.39, 0.29) is 34.2 Å². The van der Waals surface area contributed by atoms with E-state index < -0.39 is 11.6 Å². The highest BCUT2D eigenvalue weighted by atomic mass is 19.1. The fraction of sp³-hybridized carbons (Fsp3) is 0.360. The van der Waals surface area contributed by atoms with E-state index in [4.69, 9.17) is 10.8 Å². The quantitative estimate of drug-likeness (QED) is 0.374. The number of rotatable bonds is 6. The summed E-state index contributed by atoms with van der Waals surface area (Å²) in [7, 11) is 0. The number of pyridine rings is 1. The molecule has 3 N–H and O–H groups in total. The number of aryl methyl sites for hydroxylation is 1. The third-order valence-electron chi connectivity index (χ3n) is 6.72. The maximum atomic E-state index is 15.6. The predicted molar refractivity (Wildman–Crippen MR) is 130 cm³/mol. The highest BCUT2D eigenvalue weighted by Crippen LogP contribution is 2.28. The van der Waals surface area contributed by atoms with Gasteiger partial charge in [0.05, 0.1) is 17.3 Å². The average Bonchev–Trinajstić information content (AvgIpc) is 3.31. The van der Waals surface area contributed by atoms with Crippen LogP contribution in [0, 0.1) is 22.5 Å². The zero-order chi connectivity index (χ0) is 24.7. The van der Waals surface area contributed by atoms with Gasteiger partial charge in [-0.2, -0.15) is 5.10 Å². The van der Waals surface area contributed by atoms with Crippen LogP contribution < -0.4 is 10.9 Å². The van der Waals surface area contributed by atoms with Crippen molar-refractivity contribution in [2.24, 2.45) is 0 Å². The normalized spacial score (nSPS) is 16.6. The molecule has 2 aliphatic rings. The van der Waals surface area contributed by atoms with Crippen LogP contribution in [0.15, 0.2) is 36.7 Å². The van der Waals surface area contributed by atoms with Gasteiger partial charge < -0.3 is 5.01 Å². The first kappa shape index (κ1) is 23.3. The topological polar surface area (TPSA) is 96.9 Å². The first-order valence-electron chi connectivity index (χ1n) is 11.8. The average molecular weight is 479 g/mol. The fourth-order valence-corrected chi connectivity index (χ4v) is 4.50. The SMILES string of the molecule is CCc1ccc(=N)n(C(=N)Cc2c(F)cc3ncc(C4=CN(C5CN(CC)C5)NC4)cc3c2F)n1. The number of fused-ring (bicyclic) bond motifs is 1. The zero-order valence-corrected chi connectivity index (χ0v) is 19.8. The Kier molecular flexibility index (Phi) is 6.16. The summed E-state index contributed by atoms with van der Waals surface area (Å²) >= 11 is 0. The molecule has 5 rings (SSSR count). The summed E-state index contributed by atoms with van der Waals surface area (Å²) in [5, 5.41) is 23.0.